The van der Waals surface area contributed by atoms with Crippen molar-refractivity contribution in [2.45, 2.75) is 0 Å². The number of ketones is 1. The van der Waals surface area contributed by atoms with E-state index in [0.717, 1.165) is 5.56 Å². The third kappa shape index (κ3) is 3.45. The van der Waals surface area contributed by atoms with Crippen molar-refractivity contribution < 1.29 is 4.79 Å². The Morgan fingerprint density at radius 3 is 2.35 bits per heavy atom. The quantitative estimate of drug-likeness (QED) is 0.490. The number of aromatic nitrogens is 1. The van der Waals surface area contributed by atoms with Crippen molar-refractivity contribution in [3.05, 3.63) is 71.1 Å². The minimum absolute atomic E-state index is 0.0385. The predicted octanol–water partition coefficient (Wildman–Crippen LogP) is 3.52. The predicted molar refractivity (Wildman–Crippen MR) is 81.7 cm³/mol. The number of allylic oxidation sites excluding steroid dienone is 1. The summed E-state index contributed by atoms with van der Waals surface area (Å²) in [5.41, 5.74) is 1.98. The molecular formula is C16H15ClN2O. The number of nitrogens with zero attached hydrogens (tertiary/aromatic N) is 2. The van der Waals surface area contributed by atoms with Crippen LogP contribution >= 0.6 is 11.6 Å². The lowest BCUT2D eigenvalue weighted by Gasteiger charge is -2.11. The van der Waals surface area contributed by atoms with Crippen LogP contribution in [0.5, 0.6) is 0 Å². The molecule has 20 heavy (non-hydrogen) atoms. The molecule has 3 nitrogen and oxygen atoms in total. The van der Waals surface area contributed by atoms with Gasteiger partial charge < -0.3 is 4.90 Å². The molecule has 2 aromatic rings. The van der Waals surface area contributed by atoms with Crippen LogP contribution < -0.4 is 0 Å². The Morgan fingerprint density at radius 1 is 1.10 bits per heavy atom. The summed E-state index contributed by atoms with van der Waals surface area (Å²) in [5.74, 6) is -0.0385. The average molecular weight is 287 g/mol. The van der Waals surface area contributed by atoms with Crippen LogP contribution in [0.25, 0.3) is 5.57 Å². The minimum atomic E-state index is -0.0385. The summed E-state index contributed by atoms with van der Waals surface area (Å²) in [5, 5.41) is 0.408. The van der Waals surface area contributed by atoms with E-state index in [1.54, 1.807) is 36.7 Å². The van der Waals surface area contributed by atoms with E-state index in [1.165, 1.54) is 0 Å². The molecule has 0 aliphatic rings. The molecule has 0 spiro atoms. The lowest BCUT2D eigenvalue weighted by Crippen LogP contribution is -2.09. The van der Waals surface area contributed by atoms with Gasteiger partial charge in [-0.15, -0.1) is 0 Å². The van der Waals surface area contributed by atoms with Gasteiger partial charge in [0.2, 0.25) is 0 Å². The van der Waals surface area contributed by atoms with E-state index in [0.29, 0.717) is 16.3 Å². The molecule has 1 aromatic heterocycles. The number of carbonyl (C=O) groups is 1. The molecule has 1 heterocycles. The van der Waals surface area contributed by atoms with E-state index < -0.39 is 0 Å². The van der Waals surface area contributed by atoms with Crippen molar-refractivity contribution in [3.8, 4) is 0 Å². The van der Waals surface area contributed by atoms with Crippen LogP contribution in [0.3, 0.4) is 0 Å². The summed E-state index contributed by atoms with van der Waals surface area (Å²) in [6, 6.07) is 12.7. The zero-order valence-corrected chi connectivity index (χ0v) is 12.1. The van der Waals surface area contributed by atoms with Crippen LogP contribution in [0, 0.1) is 0 Å². The molecule has 4 heteroatoms. The molecular weight excluding hydrogens is 272 g/mol. The topological polar surface area (TPSA) is 33.2 Å². The number of hydrogen-bond acceptors (Lipinski definition) is 3. The summed E-state index contributed by atoms with van der Waals surface area (Å²) in [7, 11) is 3.75. The Labute approximate surface area is 123 Å². The fraction of sp³-hybridized carbons (Fsp3) is 0.125. The maximum Gasteiger partial charge on any atom is 0.195 e. The van der Waals surface area contributed by atoms with Crippen molar-refractivity contribution >= 4 is 23.0 Å². The van der Waals surface area contributed by atoms with Gasteiger partial charge in [-0.25, -0.2) is 4.98 Å². The molecule has 0 saturated heterocycles. The first-order valence-electron chi connectivity index (χ1n) is 6.18. The second-order valence-electron chi connectivity index (χ2n) is 4.57. The second kappa shape index (κ2) is 6.35. The molecule has 0 aliphatic heterocycles. The number of Topliss-reactive ketones (excluding diaryl/α,β-unsaturated/α-hetero) is 1. The first-order chi connectivity index (χ1) is 9.58. The second-order valence-corrected chi connectivity index (χ2v) is 4.96. The standard InChI is InChI=1S/C16H15ClN2O/c1-19(2)11-14(13-8-9-15(17)18-10-13)16(20)12-6-4-3-5-7-12/h3-11H,1-2H3/b14-11-. The van der Waals surface area contributed by atoms with Gasteiger partial charge in [0.1, 0.15) is 5.15 Å². The molecule has 0 amide bonds. The molecule has 0 N–H and O–H groups in total. The SMILES string of the molecule is CN(C)/C=C(\C(=O)c1ccccc1)c1ccc(Cl)nc1. The first kappa shape index (κ1) is 14.3. The lowest BCUT2D eigenvalue weighted by molar-refractivity contribution is 0.105. The fourth-order valence-corrected chi connectivity index (χ4v) is 1.91. The molecule has 0 bridgehead atoms. The van der Waals surface area contributed by atoms with E-state index in [1.807, 2.05) is 37.2 Å². The zero-order valence-electron chi connectivity index (χ0n) is 11.4. The summed E-state index contributed by atoms with van der Waals surface area (Å²) in [6.45, 7) is 0. The number of carbonyl (C=O) groups excluding carboxylic acids is 1. The fourth-order valence-electron chi connectivity index (χ4n) is 1.80. The first-order valence-corrected chi connectivity index (χ1v) is 6.55. The van der Waals surface area contributed by atoms with Crippen molar-refractivity contribution in [3.63, 3.8) is 0 Å². The molecule has 2 rings (SSSR count). The molecule has 0 fully saturated rings. The highest BCUT2D eigenvalue weighted by molar-refractivity contribution is 6.30. The van der Waals surface area contributed by atoms with Gasteiger partial charge in [0.05, 0.1) is 0 Å². The maximum atomic E-state index is 12.6. The van der Waals surface area contributed by atoms with Gasteiger partial charge in [-0.2, -0.15) is 0 Å². The highest BCUT2D eigenvalue weighted by Gasteiger charge is 2.15. The summed E-state index contributed by atoms with van der Waals surface area (Å²) in [4.78, 5) is 18.5. The van der Waals surface area contributed by atoms with Crippen LogP contribution in [-0.2, 0) is 0 Å². The monoisotopic (exact) mass is 286 g/mol. The Hall–Kier alpha value is -2.13. The summed E-state index contributed by atoms with van der Waals surface area (Å²) >= 11 is 5.79. The Balaban J connectivity index is 2.44. The normalized spacial score (nSPS) is 11.2. The van der Waals surface area contributed by atoms with Crippen LogP contribution in [-0.4, -0.2) is 29.8 Å². The van der Waals surface area contributed by atoms with Crippen LogP contribution in [0.2, 0.25) is 5.15 Å². The number of halogens is 1. The van der Waals surface area contributed by atoms with E-state index in [9.17, 15) is 4.79 Å². The van der Waals surface area contributed by atoms with Crippen LogP contribution in [0.4, 0.5) is 0 Å². The Morgan fingerprint density at radius 2 is 1.80 bits per heavy atom. The van der Waals surface area contributed by atoms with Gasteiger partial charge in [0, 0.05) is 43.2 Å². The minimum Gasteiger partial charge on any atom is -0.383 e. The summed E-state index contributed by atoms with van der Waals surface area (Å²) in [6.07, 6.45) is 3.40. The van der Waals surface area contributed by atoms with Gasteiger partial charge in [-0.3, -0.25) is 4.79 Å². The Bertz CT molecular complexity index is 619. The third-order valence-electron chi connectivity index (χ3n) is 2.71. The van der Waals surface area contributed by atoms with E-state index in [-0.39, 0.29) is 5.78 Å². The molecule has 0 saturated carbocycles. The van der Waals surface area contributed by atoms with Gasteiger partial charge in [0.25, 0.3) is 0 Å². The van der Waals surface area contributed by atoms with Gasteiger partial charge >= 0.3 is 0 Å². The highest BCUT2D eigenvalue weighted by atomic mass is 35.5. The van der Waals surface area contributed by atoms with Crippen molar-refractivity contribution in [2.24, 2.45) is 0 Å². The van der Waals surface area contributed by atoms with Crippen molar-refractivity contribution in [1.82, 2.24) is 9.88 Å². The molecule has 0 atom stereocenters. The molecule has 0 aliphatic carbocycles. The molecule has 0 unspecified atom stereocenters. The number of hydrogen-bond donors (Lipinski definition) is 0. The number of pyridine rings is 1. The van der Waals surface area contributed by atoms with E-state index >= 15 is 0 Å². The van der Waals surface area contributed by atoms with Crippen molar-refractivity contribution in [2.75, 3.05) is 14.1 Å². The third-order valence-corrected chi connectivity index (χ3v) is 2.93. The molecule has 102 valence electrons. The van der Waals surface area contributed by atoms with E-state index in [2.05, 4.69) is 4.98 Å². The molecule has 1 aromatic carbocycles. The Kier molecular flexibility index (Phi) is 4.53. The van der Waals surface area contributed by atoms with E-state index in [4.69, 9.17) is 11.6 Å². The van der Waals surface area contributed by atoms with Gasteiger partial charge in [0.15, 0.2) is 5.78 Å². The van der Waals surface area contributed by atoms with Crippen LogP contribution in [0.15, 0.2) is 54.9 Å². The zero-order chi connectivity index (χ0) is 14.5. The highest BCUT2D eigenvalue weighted by Crippen LogP contribution is 2.20. The molecule has 0 radical (unpaired) electrons. The summed E-state index contributed by atoms with van der Waals surface area (Å²) < 4.78 is 0. The van der Waals surface area contributed by atoms with Crippen LogP contribution in [0.1, 0.15) is 15.9 Å². The van der Waals surface area contributed by atoms with Gasteiger partial charge in [-0.1, -0.05) is 41.9 Å². The lowest BCUT2D eigenvalue weighted by atomic mass is 9.99. The van der Waals surface area contributed by atoms with Crippen molar-refractivity contribution in [1.29, 1.82) is 0 Å². The number of rotatable bonds is 4. The van der Waals surface area contributed by atoms with Gasteiger partial charge in [-0.05, 0) is 12.1 Å². The largest absolute Gasteiger partial charge is 0.383 e. The average Bonchev–Trinajstić information content (AvgIpc) is 2.46. The smallest absolute Gasteiger partial charge is 0.195 e. The number of benzene rings is 1. The maximum absolute atomic E-state index is 12.6.